The van der Waals surface area contributed by atoms with Crippen molar-refractivity contribution >= 4 is 17.7 Å². The van der Waals surface area contributed by atoms with Gasteiger partial charge in [-0.2, -0.15) is 0 Å². The van der Waals surface area contributed by atoms with Crippen LogP contribution < -0.4 is 24.8 Å². The van der Waals surface area contributed by atoms with Crippen molar-refractivity contribution in [3.63, 3.8) is 0 Å². The summed E-state index contributed by atoms with van der Waals surface area (Å²) in [6, 6.07) is 8.32. The third-order valence-corrected chi connectivity index (χ3v) is 7.40. The third-order valence-electron chi connectivity index (χ3n) is 7.40. The van der Waals surface area contributed by atoms with Crippen LogP contribution in [-0.4, -0.2) is 71.1 Å². The van der Waals surface area contributed by atoms with E-state index in [1.807, 2.05) is 17.7 Å². The van der Waals surface area contributed by atoms with Gasteiger partial charge < -0.3 is 34.3 Å². The smallest absolute Gasteiger partial charge is 0.258 e. The van der Waals surface area contributed by atoms with E-state index in [0.29, 0.717) is 30.8 Å². The Morgan fingerprint density at radius 3 is 2.88 bits per heavy atom. The van der Waals surface area contributed by atoms with Crippen molar-refractivity contribution in [1.82, 2.24) is 25.1 Å². The number of piperidine rings is 1. The van der Waals surface area contributed by atoms with E-state index in [0.717, 1.165) is 12.2 Å². The minimum absolute atomic E-state index is 0.0467. The first-order chi connectivity index (χ1) is 20.3. The molecular formula is C30H34FN5O6. The number of ether oxygens (including phenoxy) is 3. The second-order valence-corrected chi connectivity index (χ2v) is 10.2. The van der Waals surface area contributed by atoms with Gasteiger partial charge in [0.25, 0.3) is 11.8 Å². The summed E-state index contributed by atoms with van der Waals surface area (Å²) in [5, 5.41) is 5.71. The molecule has 0 saturated carbocycles. The number of benzene rings is 2. The Morgan fingerprint density at radius 1 is 1.21 bits per heavy atom. The highest BCUT2D eigenvalue weighted by molar-refractivity contribution is 5.95. The van der Waals surface area contributed by atoms with E-state index in [2.05, 4.69) is 15.6 Å². The Balaban J connectivity index is 1.39. The topological polar surface area (TPSA) is 124 Å². The maximum Gasteiger partial charge on any atom is 0.258 e. The van der Waals surface area contributed by atoms with Gasteiger partial charge in [0, 0.05) is 69.5 Å². The highest BCUT2D eigenvalue weighted by Gasteiger charge is 2.34. The molecule has 2 aliphatic heterocycles. The van der Waals surface area contributed by atoms with Gasteiger partial charge >= 0.3 is 0 Å². The lowest BCUT2D eigenvalue weighted by atomic mass is 10.0. The van der Waals surface area contributed by atoms with Crippen LogP contribution in [0.15, 0.2) is 48.8 Å². The zero-order valence-corrected chi connectivity index (χ0v) is 23.6. The first-order valence-electron chi connectivity index (χ1n) is 13.9. The molecule has 11 nitrogen and oxygen atoms in total. The van der Waals surface area contributed by atoms with Gasteiger partial charge in [-0.15, -0.1) is 0 Å². The van der Waals surface area contributed by atoms with E-state index >= 15 is 0 Å². The number of rotatable bonds is 5. The van der Waals surface area contributed by atoms with Crippen LogP contribution >= 0.6 is 0 Å². The Hall–Kier alpha value is -4.61. The summed E-state index contributed by atoms with van der Waals surface area (Å²) < 4.78 is 33.7. The van der Waals surface area contributed by atoms with Gasteiger partial charge in [0.15, 0.2) is 18.1 Å². The Morgan fingerprint density at radius 2 is 2.07 bits per heavy atom. The molecule has 1 fully saturated rings. The lowest BCUT2D eigenvalue weighted by molar-refractivity contribution is -0.134. The molecule has 1 saturated heterocycles. The number of aromatic nitrogens is 2. The molecule has 4 bridgehead atoms. The number of carbonyl (C=O) groups is 3. The van der Waals surface area contributed by atoms with E-state index in [-0.39, 0.29) is 49.1 Å². The molecule has 222 valence electrons. The minimum atomic E-state index is -0.583. The van der Waals surface area contributed by atoms with Crippen LogP contribution in [0, 0.1) is 5.82 Å². The van der Waals surface area contributed by atoms with Gasteiger partial charge in [-0.05, 0) is 35.9 Å². The summed E-state index contributed by atoms with van der Waals surface area (Å²) in [6.45, 7) is 2.89. The summed E-state index contributed by atoms with van der Waals surface area (Å²) in [4.78, 5) is 45.1. The lowest BCUT2D eigenvalue weighted by Gasteiger charge is -2.39. The Labute approximate surface area is 242 Å². The maximum absolute atomic E-state index is 14.5. The number of likely N-dealkylation sites (tertiary alicyclic amines) is 1. The number of nitrogens with zero attached hydrogens (tertiary/aromatic N) is 3. The fraction of sp³-hybridized carbons (Fsp3) is 0.400. The van der Waals surface area contributed by atoms with Crippen molar-refractivity contribution in [3.8, 4) is 17.2 Å². The number of carbonyl (C=O) groups excluding carboxylic acids is 3. The maximum atomic E-state index is 14.5. The van der Waals surface area contributed by atoms with E-state index in [4.69, 9.17) is 14.2 Å². The Bertz CT molecular complexity index is 1460. The standard InChI is InChI=1S/C30H34FN5O6/c1-3-27-32-8-11-35(27)10-7-29(38)36-9-6-24-23(17-36)34-30(39)20-4-5-25(40-2)26(14-20)41-18-28(37)33-16-19-12-21(31)15-22(13-19)42-24/h4-5,8,11-15,23-24H,3,6-7,9-10,16-18H2,1-2H3,(H,33,37)(H,34,39)/t23-,24+/m0/s1. The quantitative estimate of drug-likeness (QED) is 0.476. The monoisotopic (exact) mass is 579 g/mol. The molecular weight excluding hydrogens is 545 g/mol. The molecule has 5 rings (SSSR count). The summed E-state index contributed by atoms with van der Waals surface area (Å²) in [5.41, 5.74) is 0.782. The molecule has 3 aromatic rings. The molecule has 2 N–H and O–H groups in total. The molecule has 1 aromatic heterocycles. The summed E-state index contributed by atoms with van der Waals surface area (Å²) >= 11 is 0. The van der Waals surface area contributed by atoms with Gasteiger partial charge in [0.2, 0.25) is 5.91 Å². The molecule has 2 atom stereocenters. The van der Waals surface area contributed by atoms with Gasteiger partial charge in [-0.1, -0.05) is 6.92 Å². The summed E-state index contributed by atoms with van der Waals surface area (Å²) in [5.74, 6) is 0.346. The van der Waals surface area contributed by atoms with E-state index in [1.165, 1.54) is 25.3 Å². The van der Waals surface area contributed by atoms with E-state index in [9.17, 15) is 18.8 Å². The van der Waals surface area contributed by atoms with Crippen molar-refractivity contribution in [1.29, 1.82) is 0 Å². The second-order valence-electron chi connectivity index (χ2n) is 10.2. The minimum Gasteiger partial charge on any atom is -0.493 e. The molecule has 0 spiro atoms. The zero-order chi connectivity index (χ0) is 29.6. The number of methoxy groups -OCH3 is 1. The number of halogens is 1. The van der Waals surface area contributed by atoms with Crippen molar-refractivity contribution in [2.75, 3.05) is 26.8 Å². The van der Waals surface area contributed by atoms with Crippen molar-refractivity contribution < 1.29 is 33.0 Å². The molecule has 2 aromatic carbocycles. The first-order valence-corrected chi connectivity index (χ1v) is 13.9. The largest absolute Gasteiger partial charge is 0.493 e. The van der Waals surface area contributed by atoms with Crippen LogP contribution in [0.25, 0.3) is 0 Å². The zero-order valence-electron chi connectivity index (χ0n) is 23.6. The third kappa shape index (κ3) is 6.81. The molecule has 3 amide bonds. The molecule has 0 radical (unpaired) electrons. The predicted molar refractivity (Wildman–Crippen MR) is 150 cm³/mol. The number of amides is 3. The first kappa shape index (κ1) is 28.9. The number of nitrogens with one attached hydrogen (secondary N) is 2. The molecule has 0 aliphatic carbocycles. The van der Waals surface area contributed by atoms with Gasteiger partial charge in [-0.25, -0.2) is 9.37 Å². The van der Waals surface area contributed by atoms with Crippen molar-refractivity contribution in [2.24, 2.45) is 0 Å². The van der Waals surface area contributed by atoms with Crippen molar-refractivity contribution in [2.45, 2.75) is 51.4 Å². The predicted octanol–water partition coefficient (Wildman–Crippen LogP) is 2.47. The summed E-state index contributed by atoms with van der Waals surface area (Å²) in [6.07, 6.45) is 4.52. The van der Waals surface area contributed by atoms with Crippen LogP contribution in [-0.2, 0) is 29.1 Å². The average Bonchev–Trinajstić information content (AvgIpc) is 3.45. The fourth-order valence-corrected chi connectivity index (χ4v) is 5.21. The van der Waals surface area contributed by atoms with Crippen LogP contribution in [0.3, 0.4) is 0 Å². The highest BCUT2D eigenvalue weighted by Crippen LogP contribution is 2.29. The van der Waals surface area contributed by atoms with Crippen molar-refractivity contribution in [3.05, 3.63) is 71.6 Å². The number of hydrogen-bond donors (Lipinski definition) is 2. The molecule has 42 heavy (non-hydrogen) atoms. The molecule has 12 heteroatoms. The van der Waals surface area contributed by atoms with Crippen LogP contribution in [0.4, 0.5) is 4.39 Å². The van der Waals surface area contributed by atoms with E-state index < -0.39 is 29.8 Å². The van der Waals surface area contributed by atoms with E-state index in [1.54, 1.807) is 29.3 Å². The fourth-order valence-electron chi connectivity index (χ4n) is 5.21. The normalized spacial score (nSPS) is 19.1. The SMILES string of the molecule is CCc1nccn1CCC(=O)N1CC[C@H]2Oc3cc(F)cc(c3)CNC(=O)COc3cc(ccc3OC)C(=O)N[C@H]2C1. The number of hydrogen-bond acceptors (Lipinski definition) is 7. The summed E-state index contributed by atoms with van der Waals surface area (Å²) in [7, 11) is 1.46. The van der Waals surface area contributed by atoms with Crippen LogP contribution in [0.5, 0.6) is 17.2 Å². The molecule has 2 aliphatic rings. The van der Waals surface area contributed by atoms with Crippen LogP contribution in [0.2, 0.25) is 0 Å². The molecule has 3 heterocycles. The number of fused-ring (bicyclic) bond motifs is 5. The lowest BCUT2D eigenvalue weighted by Crippen LogP contribution is -2.58. The average molecular weight is 580 g/mol. The number of imidazole rings is 1. The van der Waals surface area contributed by atoms with Crippen LogP contribution in [0.1, 0.15) is 41.5 Å². The molecule has 0 unspecified atom stereocenters. The number of aryl methyl sites for hydroxylation is 2. The van der Waals surface area contributed by atoms with Gasteiger partial charge in [0.1, 0.15) is 23.5 Å². The highest BCUT2D eigenvalue weighted by atomic mass is 19.1. The van der Waals surface area contributed by atoms with Gasteiger partial charge in [0.05, 0.1) is 13.2 Å². The second kappa shape index (κ2) is 12.9. The Kier molecular flexibility index (Phi) is 8.89. The van der Waals surface area contributed by atoms with Gasteiger partial charge in [-0.3, -0.25) is 14.4 Å².